The van der Waals surface area contributed by atoms with Gasteiger partial charge in [-0.25, -0.2) is 4.39 Å². The first-order chi connectivity index (χ1) is 14.1. The fourth-order valence-corrected chi connectivity index (χ4v) is 4.20. The van der Waals surface area contributed by atoms with Gasteiger partial charge in [-0.1, -0.05) is 35.5 Å². The molecule has 0 radical (unpaired) electrons. The number of hydrogen-bond donors (Lipinski definition) is 1. The third kappa shape index (κ3) is 4.54. The zero-order valence-electron chi connectivity index (χ0n) is 15.5. The summed E-state index contributed by atoms with van der Waals surface area (Å²) in [4.78, 5) is 14.6. The van der Waals surface area contributed by atoms with Crippen LogP contribution in [0.5, 0.6) is 0 Å². The van der Waals surface area contributed by atoms with Crippen molar-refractivity contribution in [3.8, 4) is 5.69 Å². The van der Waals surface area contributed by atoms with Crippen molar-refractivity contribution in [3.63, 3.8) is 0 Å². The van der Waals surface area contributed by atoms with Gasteiger partial charge in [-0.05, 0) is 43.2 Å². The van der Waals surface area contributed by atoms with E-state index in [1.54, 1.807) is 29.1 Å². The molecule has 0 saturated carbocycles. The molecular formula is C20H19ClFN5OS. The van der Waals surface area contributed by atoms with Crippen LogP contribution < -0.4 is 10.2 Å². The smallest absolute Gasteiger partial charge is 0.234 e. The fraction of sp³-hybridized carbons (Fsp3) is 0.250. The zero-order valence-corrected chi connectivity index (χ0v) is 17.1. The van der Waals surface area contributed by atoms with E-state index < -0.39 is 5.82 Å². The van der Waals surface area contributed by atoms with Crippen LogP contribution in [0.3, 0.4) is 0 Å². The Hall–Kier alpha value is -2.58. The number of carbonyl (C=O) groups excluding carboxylic acids is 1. The van der Waals surface area contributed by atoms with Gasteiger partial charge in [-0.2, -0.15) is 0 Å². The molecule has 1 fully saturated rings. The lowest BCUT2D eigenvalue weighted by molar-refractivity contribution is -0.113. The van der Waals surface area contributed by atoms with Crippen molar-refractivity contribution in [1.82, 2.24) is 14.8 Å². The number of hydrogen-bond acceptors (Lipinski definition) is 5. The highest BCUT2D eigenvalue weighted by molar-refractivity contribution is 7.99. The highest BCUT2D eigenvalue weighted by Gasteiger charge is 2.20. The van der Waals surface area contributed by atoms with E-state index in [-0.39, 0.29) is 17.3 Å². The Bertz CT molecular complexity index is 1020. The molecule has 3 aromatic rings. The molecule has 1 aliphatic rings. The summed E-state index contributed by atoms with van der Waals surface area (Å²) in [7, 11) is 0. The van der Waals surface area contributed by atoms with E-state index in [1.165, 1.54) is 17.8 Å². The SMILES string of the molecule is O=C(CSc1nncn1-c1cccc(Cl)c1)Nc1c(F)cccc1N1CCCC1. The predicted octanol–water partition coefficient (Wildman–Crippen LogP) is 4.39. The molecule has 1 aromatic heterocycles. The van der Waals surface area contributed by atoms with E-state index in [0.29, 0.717) is 10.2 Å². The maximum absolute atomic E-state index is 14.4. The summed E-state index contributed by atoms with van der Waals surface area (Å²) in [6.07, 6.45) is 3.70. The number of rotatable bonds is 6. The van der Waals surface area contributed by atoms with Crippen LogP contribution in [0.25, 0.3) is 5.69 Å². The summed E-state index contributed by atoms with van der Waals surface area (Å²) < 4.78 is 16.2. The molecule has 1 N–H and O–H groups in total. The molecule has 0 unspecified atom stereocenters. The second-order valence-electron chi connectivity index (χ2n) is 6.63. The Morgan fingerprint density at radius 2 is 2.00 bits per heavy atom. The average molecular weight is 432 g/mol. The largest absolute Gasteiger partial charge is 0.370 e. The van der Waals surface area contributed by atoms with Gasteiger partial charge >= 0.3 is 0 Å². The second-order valence-corrected chi connectivity index (χ2v) is 8.01. The van der Waals surface area contributed by atoms with Gasteiger partial charge in [0.2, 0.25) is 5.91 Å². The van der Waals surface area contributed by atoms with Gasteiger partial charge in [0.1, 0.15) is 17.8 Å². The van der Waals surface area contributed by atoms with Crippen LogP contribution in [-0.2, 0) is 4.79 Å². The number of carbonyl (C=O) groups is 1. The standard InChI is InChI=1S/C20H19ClFN5OS/c21-14-5-3-6-15(11-14)27-13-23-25-20(27)29-12-18(28)24-19-16(22)7-4-8-17(19)26-9-1-2-10-26/h3-8,11,13H,1-2,9-10,12H2,(H,24,28). The van der Waals surface area contributed by atoms with Crippen LogP contribution in [0.15, 0.2) is 53.9 Å². The van der Waals surface area contributed by atoms with Gasteiger partial charge in [0.15, 0.2) is 5.16 Å². The van der Waals surface area contributed by atoms with Crippen LogP contribution in [0.1, 0.15) is 12.8 Å². The average Bonchev–Trinajstić information content (AvgIpc) is 3.40. The van der Waals surface area contributed by atoms with E-state index in [9.17, 15) is 9.18 Å². The molecular weight excluding hydrogens is 413 g/mol. The van der Waals surface area contributed by atoms with Crippen LogP contribution >= 0.6 is 23.4 Å². The monoisotopic (exact) mass is 431 g/mol. The van der Waals surface area contributed by atoms with Crippen molar-refractivity contribution >= 4 is 40.6 Å². The predicted molar refractivity (Wildman–Crippen MR) is 114 cm³/mol. The Morgan fingerprint density at radius 3 is 2.79 bits per heavy atom. The molecule has 0 bridgehead atoms. The molecule has 0 atom stereocenters. The minimum atomic E-state index is -0.435. The molecule has 6 nitrogen and oxygen atoms in total. The lowest BCUT2D eigenvalue weighted by atomic mass is 10.2. The second kappa shape index (κ2) is 8.84. The number of para-hydroxylation sites is 1. The molecule has 1 saturated heterocycles. The maximum Gasteiger partial charge on any atom is 0.234 e. The highest BCUT2D eigenvalue weighted by atomic mass is 35.5. The van der Waals surface area contributed by atoms with Gasteiger partial charge < -0.3 is 10.2 Å². The van der Waals surface area contributed by atoms with Crippen LogP contribution in [-0.4, -0.2) is 39.5 Å². The first kappa shape index (κ1) is 19.7. The maximum atomic E-state index is 14.4. The first-order valence-corrected chi connectivity index (χ1v) is 10.6. The quantitative estimate of drug-likeness (QED) is 0.586. The fourth-order valence-electron chi connectivity index (χ4n) is 3.29. The van der Waals surface area contributed by atoms with Crippen molar-refractivity contribution in [2.24, 2.45) is 0 Å². The summed E-state index contributed by atoms with van der Waals surface area (Å²) in [6.45, 7) is 1.73. The topological polar surface area (TPSA) is 63.1 Å². The molecule has 9 heteroatoms. The number of aromatic nitrogens is 3. The molecule has 2 heterocycles. The van der Waals surface area contributed by atoms with E-state index in [0.717, 1.165) is 37.3 Å². The molecule has 0 spiro atoms. The van der Waals surface area contributed by atoms with E-state index in [1.807, 2.05) is 18.2 Å². The molecule has 1 aliphatic heterocycles. The van der Waals surface area contributed by atoms with Crippen molar-refractivity contribution in [1.29, 1.82) is 0 Å². The van der Waals surface area contributed by atoms with Crippen molar-refractivity contribution in [2.75, 3.05) is 29.1 Å². The molecule has 1 amide bonds. The number of halogens is 2. The number of nitrogens with one attached hydrogen (secondary N) is 1. The first-order valence-electron chi connectivity index (χ1n) is 9.24. The Morgan fingerprint density at radius 1 is 1.21 bits per heavy atom. The van der Waals surface area contributed by atoms with E-state index in [4.69, 9.17) is 11.6 Å². The summed E-state index contributed by atoms with van der Waals surface area (Å²) >= 11 is 7.27. The number of nitrogens with zero attached hydrogens (tertiary/aromatic N) is 4. The third-order valence-corrected chi connectivity index (χ3v) is 5.82. The lowest BCUT2D eigenvalue weighted by Gasteiger charge is -2.21. The van der Waals surface area contributed by atoms with Crippen LogP contribution in [0.2, 0.25) is 5.02 Å². The highest BCUT2D eigenvalue weighted by Crippen LogP contribution is 2.31. The Labute approximate surface area is 177 Å². The molecule has 0 aliphatic carbocycles. The van der Waals surface area contributed by atoms with Gasteiger partial charge in [0.25, 0.3) is 0 Å². The lowest BCUT2D eigenvalue weighted by Crippen LogP contribution is -2.22. The Kier molecular flexibility index (Phi) is 6.01. The van der Waals surface area contributed by atoms with Crippen molar-refractivity contribution in [3.05, 3.63) is 59.6 Å². The van der Waals surface area contributed by atoms with E-state index >= 15 is 0 Å². The number of thioether (sulfide) groups is 1. The number of amides is 1. The molecule has 150 valence electrons. The minimum Gasteiger partial charge on any atom is -0.370 e. The normalized spacial score (nSPS) is 13.7. The van der Waals surface area contributed by atoms with Gasteiger partial charge in [0.05, 0.1) is 17.1 Å². The van der Waals surface area contributed by atoms with E-state index in [2.05, 4.69) is 20.4 Å². The van der Waals surface area contributed by atoms with Gasteiger partial charge in [0, 0.05) is 18.1 Å². The number of anilines is 2. The number of benzene rings is 2. The summed E-state index contributed by atoms with van der Waals surface area (Å²) in [5.74, 6) is -0.663. The van der Waals surface area contributed by atoms with Crippen LogP contribution in [0.4, 0.5) is 15.8 Å². The minimum absolute atomic E-state index is 0.0764. The third-order valence-electron chi connectivity index (χ3n) is 4.64. The van der Waals surface area contributed by atoms with Gasteiger partial charge in [-0.3, -0.25) is 9.36 Å². The molecule has 4 rings (SSSR count). The summed E-state index contributed by atoms with van der Waals surface area (Å²) in [6, 6.07) is 12.1. The summed E-state index contributed by atoms with van der Waals surface area (Å²) in [5.41, 5.74) is 1.76. The van der Waals surface area contributed by atoms with Crippen LogP contribution in [0, 0.1) is 5.82 Å². The zero-order chi connectivity index (χ0) is 20.2. The molecule has 29 heavy (non-hydrogen) atoms. The van der Waals surface area contributed by atoms with Gasteiger partial charge in [-0.15, -0.1) is 10.2 Å². The Balaban J connectivity index is 1.45. The van der Waals surface area contributed by atoms with Crippen molar-refractivity contribution < 1.29 is 9.18 Å². The van der Waals surface area contributed by atoms with Crippen molar-refractivity contribution in [2.45, 2.75) is 18.0 Å². The summed E-state index contributed by atoms with van der Waals surface area (Å²) in [5, 5.41) is 11.9. The molecule has 2 aromatic carbocycles.